The van der Waals surface area contributed by atoms with E-state index in [1.54, 1.807) is 0 Å². The maximum absolute atomic E-state index is 12.1. The predicted octanol–water partition coefficient (Wildman–Crippen LogP) is 3.80. The second-order valence-electron chi connectivity index (χ2n) is 8.05. The number of nitrogens with one attached hydrogen (secondary N) is 1. The van der Waals surface area contributed by atoms with Gasteiger partial charge in [0.2, 0.25) is 0 Å². The summed E-state index contributed by atoms with van der Waals surface area (Å²) in [5.41, 5.74) is -0.399. The Morgan fingerprint density at radius 1 is 1.23 bits per heavy atom. The summed E-state index contributed by atoms with van der Waals surface area (Å²) in [5.74, 6) is 1.42. The molecule has 22 heavy (non-hydrogen) atoms. The number of hydrogen-bond acceptors (Lipinski definition) is 3. The van der Waals surface area contributed by atoms with Gasteiger partial charge in [-0.25, -0.2) is 4.79 Å². The topological polar surface area (TPSA) is 41.6 Å². The first-order chi connectivity index (χ1) is 10.4. The minimum atomic E-state index is -0.399. The van der Waals surface area contributed by atoms with Crippen LogP contribution in [-0.4, -0.2) is 42.3 Å². The van der Waals surface area contributed by atoms with Crippen molar-refractivity contribution >= 4 is 6.09 Å². The molecule has 4 heteroatoms. The molecule has 4 nitrogen and oxygen atoms in total. The van der Waals surface area contributed by atoms with Gasteiger partial charge in [0.25, 0.3) is 0 Å². The van der Waals surface area contributed by atoms with Crippen molar-refractivity contribution in [2.45, 2.75) is 77.9 Å². The monoisotopic (exact) mass is 310 g/mol. The van der Waals surface area contributed by atoms with Gasteiger partial charge >= 0.3 is 6.09 Å². The third kappa shape index (κ3) is 5.15. The highest BCUT2D eigenvalue weighted by atomic mass is 16.6. The zero-order valence-electron chi connectivity index (χ0n) is 14.9. The number of amides is 1. The molecule has 1 heterocycles. The van der Waals surface area contributed by atoms with E-state index in [2.05, 4.69) is 12.2 Å². The van der Waals surface area contributed by atoms with Gasteiger partial charge < -0.3 is 15.0 Å². The first-order valence-corrected chi connectivity index (χ1v) is 9.10. The highest BCUT2D eigenvalue weighted by molar-refractivity contribution is 5.68. The Bertz CT molecular complexity index is 365. The molecular formula is C18H34N2O2. The van der Waals surface area contributed by atoms with E-state index in [1.165, 1.54) is 32.1 Å². The summed E-state index contributed by atoms with van der Waals surface area (Å²) >= 11 is 0. The van der Waals surface area contributed by atoms with Crippen LogP contribution >= 0.6 is 0 Å². The Morgan fingerprint density at radius 2 is 1.95 bits per heavy atom. The molecule has 128 valence electrons. The minimum absolute atomic E-state index is 0.154. The average molecular weight is 310 g/mol. The number of carbonyl (C=O) groups is 1. The molecule has 0 spiro atoms. The second-order valence-corrected chi connectivity index (χ2v) is 8.05. The number of nitrogens with zero attached hydrogens (tertiary/aromatic N) is 1. The first-order valence-electron chi connectivity index (χ1n) is 9.10. The van der Waals surface area contributed by atoms with Crippen molar-refractivity contribution in [3.05, 3.63) is 0 Å². The molecule has 0 aromatic heterocycles. The first kappa shape index (κ1) is 17.6. The van der Waals surface area contributed by atoms with Crippen LogP contribution in [0.25, 0.3) is 0 Å². The summed E-state index contributed by atoms with van der Waals surface area (Å²) in [6.45, 7) is 10.8. The van der Waals surface area contributed by atoms with Gasteiger partial charge in [0.1, 0.15) is 5.60 Å². The van der Waals surface area contributed by atoms with Crippen LogP contribution in [0.4, 0.5) is 4.79 Å². The molecule has 1 N–H and O–H groups in total. The Hall–Kier alpha value is -0.770. The normalized spacial score (nSPS) is 29.6. The van der Waals surface area contributed by atoms with E-state index in [-0.39, 0.29) is 6.09 Å². The predicted molar refractivity (Wildman–Crippen MR) is 90.0 cm³/mol. The Morgan fingerprint density at radius 3 is 2.64 bits per heavy atom. The van der Waals surface area contributed by atoms with Gasteiger partial charge in [-0.15, -0.1) is 0 Å². The highest BCUT2D eigenvalue weighted by Crippen LogP contribution is 2.27. The zero-order valence-corrected chi connectivity index (χ0v) is 14.9. The van der Waals surface area contributed by atoms with Crippen LogP contribution < -0.4 is 5.32 Å². The summed E-state index contributed by atoms with van der Waals surface area (Å²) in [6.07, 6.45) is 7.68. The molecule has 2 aliphatic rings. The van der Waals surface area contributed by atoms with E-state index in [0.717, 1.165) is 32.0 Å². The van der Waals surface area contributed by atoms with Gasteiger partial charge in [-0.05, 0) is 58.4 Å². The van der Waals surface area contributed by atoms with Crippen LogP contribution in [0.5, 0.6) is 0 Å². The van der Waals surface area contributed by atoms with Crippen LogP contribution in [0.1, 0.15) is 66.2 Å². The van der Waals surface area contributed by atoms with Crippen molar-refractivity contribution in [1.82, 2.24) is 10.2 Å². The van der Waals surface area contributed by atoms with E-state index in [4.69, 9.17) is 4.74 Å². The molecule has 1 amide bonds. The third-order valence-electron chi connectivity index (χ3n) is 5.04. The van der Waals surface area contributed by atoms with Crippen LogP contribution in [-0.2, 0) is 4.74 Å². The zero-order chi connectivity index (χ0) is 16.2. The maximum atomic E-state index is 12.1. The molecule has 0 aromatic rings. The Kier molecular flexibility index (Phi) is 6.13. The molecule has 1 aliphatic carbocycles. The van der Waals surface area contributed by atoms with E-state index >= 15 is 0 Å². The summed E-state index contributed by atoms with van der Waals surface area (Å²) < 4.78 is 5.47. The van der Waals surface area contributed by atoms with E-state index < -0.39 is 5.60 Å². The molecule has 3 atom stereocenters. The minimum Gasteiger partial charge on any atom is -0.444 e. The number of hydrogen-bond donors (Lipinski definition) is 1. The van der Waals surface area contributed by atoms with Gasteiger partial charge in [0.05, 0.1) is 0 Å². The van der Waals surface area contributed by atoms with Crippen LogP contribution in [0.15, 0.2) is 0 Å². The van der Waals surface area contributed by atoms with Crippen molar-refractivity contribution in [2.24, 2.45) is 11.8 Å². The average Bonchev–Trinajstić information content (AvgIpc) is 2.92. The van der Waals surface area contributed by atoms with Gasteiger partial charge in [-0.2, -0.15) is 0 Å². The maximum Gasteiger partial charge on any atom is 0.410 e. The lowest BCUT2D eigenvalue weighted by molar-refractivity contribution is 0.0288. The lowest BCUT2D eigenvalue weighted by atomic mass is 9.82. The van der Waals surface area contributed by atoms with Crippen LogP contribution in [0, 0.1) is 11.8 Å². The lowest BCUT2D eigenvalue weighted by Gasteiger charge is -2.32. The molecule has 2 fully saturated rings. The number of rotatable bonds is 4. The fourth-order valence-electron chi connectivity index (χ4n) is 3.77. The Labute approximate surface area is 136 Å². The molecule has 1 saturated carbocycles. The Balaban J connectivity index is 1.73. The van der Waals surface area contributed by atoms with Crippen molar-refractivity contribution in [1.29, 1.82) is 0 Å². The lowest BCUT2D eigenvalue weighted by Crippen LogP contribution is -2.41. The third-order valence-corrected chi connectivity index (χ3v) is 5.04. The summed E-state index contributed by atoms with van der Waals surface area (Å²) in [4.78, 5) is 14.0. The molecule has 3 unspecified atom stereocenters. The van der Waals surface area contributed by atoms with Crippen LogP contribution in [0.2, 0.25) is 0 Å². The molecule has 2 rings (SSSR count). The van der Waals surface area contributed by atoms with Crippen molar-refractivity contribution in [3.8, 4) is 0 Å². The fraction of sp³-hybridized carbons (Fsp3) is 0.944. The van der Waals surface area contributed by atoms with E-state index in [9.17, 15) is 4.79 Å². The quantitative estimate of drug-likeness (QED) is 0.858. The molecule has 0 radical (unpaired) electrons. The smallest absolute Gasteiger partial charge is 0.410 e. The SMILES string of the molecule is CCC1CCCCC1NCC1CCN(C(=O)OC(C)(C)C)C1. The van der Waals surface area contributed by atoms with Crippen molar-refractivity contribution < 1.29 is 9.53 Å². The molecule has 0 aromatic carbocycles. The number of likely N-dealkylation sites (tertiary alicyclic amines) is 1. The molecule has 0 bridgehead atoms. The van der Waals surface area contributed by atoms with Crippen molar-refractivity contribution in [3.63, 3.8) is 0 Å². The molecule has 1 saturated heterocycles. The molecular weight excluding hydrogens is 276 g/mol. The standard InChI is InChI=1S/C18H34N2O2/c1-5-15-8-6-7-9-16(15)19-12-14-10-11-20(13-14)17(21)22-18(2,3)4/h14-16,19H,5-13H2,1-4H3. The van der Waals surface area contributed by atoms with Crippen molar-refractivity contribution in [2.75, 3.05) is 19.6 Å². The molecule has 1 aliphatic heterocycles. The van der Waals surface area contributed by atoms with Gasteiger partial charge in [0.15, 0.2) is 0 Å². The largest absolute Gasteiger partial charge is 0.444 e. The number of carbonyl (C=O) groups excluding carboxylic acids is 1. The van der Waals surface area contributed by atoms with Gasteiger partial charge in [0, 0.05) is 19.1 Å². The summed E-state index contributed by atoms with van der Waals surface area (Å²) in [7, 11) is 0. The van der Waals surface area contributed by atoms with E-state index in [0.29, 0.717) is 12.0 Å². The van der Waals surface area contributed by atoms with E-state index in [1.807, 2.05) is 25.7 Å². The summed E-state index contributed by atoms with van der Waals surface area (Å²) in [6, 6.07) is 0.689. The number of ether oxygens (including phenoxy) is 1. The fourth-order valence-corrected chi connectivity index (χ4v) is 3.77. The summed E-state index contributed by atoms with van der Waals surface area (Å²) in [5, 5.41) is 3.79. The second kappa shape index (κ2) is 7.67. The van der Waals surface area contributed by atoms with Gasteiger partial charge in [-0.3, -0.25) is 0 Å². The van der Waals surface area contributed by atoms with Crippen LogP contribution in [0.3, 0.4) is 0 Å². The van der Waals surface area contributed by atoms with Gasteiger partial charge in [-0.1, -0.05) is 26.2 Å². The highest BCUT2D eigenvalue weighted by Gasteiger charge is 2.31.